The number of nitro benzene ring substituents is 1. The van der Waals surface area contributed by atoms with Gasteiger partial charge >= 0.3 is 5.97 Å². The number of hydrogen-bond donors (Lipinski definition) is 1. The number of allylic oxidation sites excluding steroid dienone is 1. The number of carbonyl (C=O) groups is 1. The molecular formula is C30H25N7O5S. The van der Waals surface area contributed by atoms with Gasteiger partial charge in [-0.05, 0) is 61.4 Å². The summed E-state index contributed by atoms with van der Waals surface area (Å²) < 4.78 is 12.8. The number of nitro groups is 1. The third-order valence-electron chi connectivity index (χ3n) is 6.76. The van der Waals surface area contributed by atoms with Gasteiger partial charge in [0, 0.05) is 34.7 Å². The van der Waals surface area contributed by atoms with Gasteiger partial charge < -0.3 is 14.5 Å². The Morgan fingerprint density at radius 1 is 1.02 bits per heavy atom. The predicted octanol–water partition coefficient (Wildman–Crippen LogP) is 6.05. The van der Waals surface area contributed by atoms with Crippen molar-refractivity contribution in [3.63, 3.8) is 0 Å². The fraction of sp³-hybridized carbons (Fsp3) is 0.167. The molecular weight excluding hydrogens is 570 g/mol. The summed E-state index contributed by atoms with van der Waals surface area (Å²) in [6, 6.07) is 22.8. The van der Waals surface area contributed by atoms with Crippen LogP contribution in [0.4, 0.5) is 11.6 Å². The molecule has 0 radical (unpaired) electrons. The van der Waals surface area contributed by atoms with Crippen LogP contribution >= 0.6 is 11.8 Å². The Morgan fingerprint density at radius 2 is 1.70 bits per heavy atom. The molecule has 5 aromatic rings. The molecule has 0 saturated carbocycles. The highest BCUT2D eigenvalue weighted by Crippen LogP contribution is 2.37. The van der Waals surface area contributed by atoms with E-state index >= 15 is 0 Å². The van der Waals surface area contributed by atoms with Gasteiger partial charge in [-0.25, -0.2) is 9.48 Å². The molecule has 13 heteroatoms. The van der Waals surface area contributed by atoms with Gasteiger partial charge in [0.1, 0.15) is 6.04 Å². The molecule has 1 aliphatic heterocycles. The average molecular weight is 596 g/mol. The first kappa shape index (κ1) is 27.8. The Morgan fingerprint density at radius 3 is 2.35 bits per heavy atom. The minimum Gasteiger partial charge on any atom is -0.463 e. The summed E-state index contributed by atoms with van der Waals surface area (Å²) in [4.78, 5) is 28.4. The lowest BCUT2D eigenvalue weighted by atomic mass is 9.95. The first-order valence-corrected chi connectivity index (χ1v) is 14.4. The molecule has 0 bridgehead atoms. The SMILES string of the molecule is CCOC(=O)C1=C(C)Nc2nc(SCc3ccc(-c4nnc(-c5ccccc5)o4)cc3)nn2[C@@H]1c1ccc([N+](=O)[O-])cc1. The van der Waals surface area contributed by atoms with Crippen molar-refractivity contribution in [2.75, 3.05) is 11.9 Å². The Labute approximate surface area is 250 Å². The number of aromatic nitrogens is 5. The maximum absolute atomic E-state index is 13.0. The summed E-state index contributed by atoms with van der Waals surface area (Å²) in [5, 5.41) is 27.9. The van der Waals surface area contributed by atoms with Crippen molar-refractivity contribution in [1.82, 2.24) is 25.0 Å². The van der Waals surface area contributed by atoms with E-state index in [1.807, 2.05) is 54.6 Å². The summed E-state index contributed by atoms with van der Waals surface area (Å²) in [6.07, 6.45) is 0. The second kappa shape index (κ2) is 11.9. The molecule has 1 atom stereocenters. The van der Waals surface area contributed by atoms with Crippen molar-refractivity contribution in [3.05, 3.63) is 111 Å². The van der Waals surface area contributed by atoms with Crippen LogP contribution in [0.3, 0.4) is 0 Å². The first-order valence-electron chi connectivity index (χ1n) is 13.4. The van der Waals surface area contributed by atoms with Crippen LogP contribution in [0.5, 0.6) is 0 Å². The summed E-state index contributed by atoms with van der Waals surface area (Å²) in [5.74, 6) is 1.44. The topological polar surface area (TPSA) is 151 Å². The van der Waals surface area contributed by atoms with Gasteiger partial charge in [0.25, 0.3) is 5.69 Å². The van der Waals surface area contributed by atoms with Crippen molar-refractivity contribution < 1.29 is 18.9 Å². The molecule has 0 saturated heterocycles. The van der Waals surface area contributed by atoms with Gasteiger partial charge in [0.15, 0.2) is 0 Å². The van der Waals surface area contributed by atoms with Crippen molar-refractivity contribution in [3.8, 4) is 22.9 Å². The molecule has 0 unspecified atom stereocenters. The zero-order chi connectivity index (χ0) is 29.9. The number of hydrogen-bond acceptors (Lipinski definition) is 11. The highest BCUT2D eigenvalue weighted by Gasteiger charge is 2.35. The van der Waals surface area contributed by atoms with Gasteiger partial charge in [-0.15, -0.1) is 15.3 Å². The molecule has 0 aliphatic carbocycles. The molecule has 2 aromatic heterocycles. The molecule has 0 spiro atoms. The van der Waals surface area contributed by atoms with Crippen LogP contribution in [0.15, 0.2) is 99.7 Å². The second-order valence-electron chi connectivity index (χ2n) is 9.56. The molecule has 216 valence electrons. The summed E-state index contributed by atoms with van der Waals surface area (Å²) in [6.45, 7) is 3.70. The lowest BCUT2D eigenvalue weighted by Crippen LogP contribution is -2.29. The summed E-state index contributed by atoms with van der Waals surface area (Å²) in [5.41, 5.74) is 4.22. The van der Waals surface area contributed by atoms with E-state index in [0.29, 0.717) is 45.5 Å². The Balaban J connectivity index is 1.21. The third-order valence-corrected chi connectivity index (χ3v) is 7.67. The van der Waals surface area contributed by atoms with E-state index in [1.165, 1.54) is 23.9 Å². The van der Waals surface area contributed by atoms with Crippen molar-refractivity contribution in [1.29, 1.82) is 0 Å². The van der Waals surface area contributed by atoms with E-state index < -0.39 is 16.9 Å². The van der Waals surface area contributed by atoms with Gasteiger partial charge in [-0.1, -0.05) is 42.1 Å². The number of fused-ring (bicyclic) bond motifs is 1. The van der Waals surface area contributed by atoms with Gasteiger partial charge in [-0.3, -0.25) is 10.1 Å². The highest BCUT2D eigenvalue weighted by molar-refractivity contribution is 7.98. The lowest BCUT2D eigenvalue weighted by molar-refractivity contribution is -0.384. The number of non-ortho nitro benzene ring substituents is 1. The fourth-order valence-electron chi connectivity index (χ4n) is 4.68. The number of anilines is 1. The van der Waals surface area contributed by atoms with Crippen LogP contribution in [0, 0.1) is 10.1 Å². The Bertz CT molecular complexity index is 1820. The second-order valence-corrected chi connectivity index (χ2v) is 10.5. The van der Waals surface area contributed by atoms with Crippen molar-refractivity contribution in [2.24, 2.45) is 0 Å². The quantitative estimate of drug-likeness (QED) is 0.0918. The summed E-state index contributed by atoms with van der Waals surface area (Å²) >= 11 is 1.44. The van der Waals surface area contributed by atoms with E-state index in [1.54, 1.807) is 30.7 Å². The minimum atomic E-state index is -0.674. The van der Waals surface area contributed by atoms with E-state index in [2.05, 4.69) is 20.5 Å². The van der Waals surface area contributed by atoms with E-state index in [-0.39, 0.29) is 12.3 Å². The van der Waals surface area contributed by atoms with E-state index in [0.717, 1.165) is 16.7 Å². The van der Waals surface area contributed by atoms with Crippen molar-refractivity contribution >= 4 is 29.4 Å². The van der Waals surface area contributed by atoms with E-state index in [9.17, 15) is 14.9 Å². The van der Waals surface area contributed by atoms with Gasteiger partial charge in [0.2, 0.25) is 22.9 Å². The number of benzene rings is 3. The van der Waals surface area contributed by atoms with Crippen LogP contribution < -0.4 is 5.32 Å². The van der Waals surface area contributed by atoms with Crippen LogP contribution in [-0.2, 0) is 15.3 Å². The standard InChI is InChI=1S/C30H25N7O5S/c1-3-41-28(38)24-18(2)31-29-32-30(35-36(29)25(24)20-13-15-23(16-14-20)37(39)40)43-17-19-9-11-22(12-10-19)27-34-33-26(42-27)21-7-5-4-6-8-21/h4-16,25H,3,17H2,1-2H3,(H,31,32,35)/t25-/m1/s1. The maximum Gasteiger partial charge on any atom is 0.338 e. The molecule has 43 heavy (non-hydrogen) atoms. The normalized spacial score (nSPS) is 14.2. The third kappa shape index (κ3) is 5.75. The van der Waals surface area contributed by atoms with Crippen LogP contribution in [0.25, 0.3) is 22.9 Å². The van der Waals surface area contributed by atoms with Crippen LogP contribution in [0.2, 0.25) is 0 Å². The molecule has 12 nitrogen and oxygen atoms in total. The molecule has 3 heterocycles. The number of carbonyl (C=O) groups excluding carboxylic acids is 1. The predicted molar refractivity (Wildman–Crippen MR) is 159 cm³/mol. The molecule has 0 fully saturated rings. The monoisotopic (exact) mass is 595 g/mol. The number of nitrogens with zero attached hydrogens (tertiary/aromatic N) is 6. The highest BCUT2D eigenvalue weighted by atomic mass is 32.2. The zero-order valence-electron chi connectivity index (χ0n) is 23.1. The number of nitrogens with one attached hydrogen (secondary N) is 1. The van der Waals surface area contributed by atoms with Gasteiger partial charge in [-0.2, -0.15) is 4.98 Å². The minimum absolute atomic E-state index is 0.0483. The number of ether oxygens (including phenoxy) is 1. The Kier molecular flexibility index (Phi) is 7.71. The molecule has 0 amide bonds. The largest absolute Gasteiger partial charge is 0.463 e. The average Bonchev–Trinajstić information content (AvgIpc) is 3.68. The summed E-state index contributed by atoms with van der Waals surface area (Å²) in [7, 11) is 0. The molecule has 3 aromatic carbocycles. The van der Waals surface area contributed by atoms with Crippen LogP contribution in [-0.4, -0.2) is 42.5 Å². The number of esters is 1. The Hall–Kier alpha value is -5.30. The van der Waals surface area contributed by atoms with E-state index in [4.69, 9.17) is 14.3 Å². The molecule has 6 rings (SSSR count). The fourth-order valence-corrected chi connectivity index (χ4v) is 5.47. The number of rotatable bonds is 9. The zero-order valence-corrected chi connectivity index (χ0v) is 23.9. The first-order chi connectivity index (χ1) is 20.9. The number of thioether (sulfide) groups is 1. The van der Waals surface area contributed by atoms with Crippen molar-refractivity contribution in [2.45, 2.75) is 30.8 Å². The molecule has 1 aliphatic rings. The van der Waals surface area contributed by atoms with Gasteiger partial charge in [0.05, 0.1) is 17.1 Å². The molecule has 1 N–H and O–H groups in total. The lowest BCUT2D eigenvalue weighted by Gasteiger charge is -2.28. The van der Waals surface area contributed by atoms with Crippen LogP contribution in [0.1, 0.15) is 31.0 Å². The maximum atomic E-state index is 13.0. The smallest absolute Gasteiger partial charge is 0.338 e.